The van der Waals surface area contributed by atoms with E-state index >= 15 is 0 Å². The second kappa shape index (κ2) is 10.2. The van der Waals surface area contributed by atoms with Crippen LogP contribution in [0.15, 0.2) is 11.4 Å². The van der Waals surface area contributed by atoms with Gasteiger partial charge in [0.05, 0.1) is 5.60 Å². The Labute approximate surface area is 215 Å². The van der Waals surface area contributed by atoms with Crippen molar-refractivity contribution in [3.05, 3.63) is 11.8 Å². The molecule has 3 heterocycles. The fourth-order valence-corrected chi connectivity index (χ4v) is 7.73. The van der Waals surface area contributed by atoms with Gasteiger partial charge < -0.3 is 10.0 Å². The van der Waals surface area contributed by atoms with E-state index < -0.39 is 5.60 Å². The third-order valence-electron chi connectivity index (χ3n) is 9.51. The van der Waals surface area contributed by atoms with Gasteiger partial charge in [0.15, 0.2) is 11.0 Å². The molecule has 0 bridgehead atoms. The van der Waals surface area contributed by atoms with Crippen LogP contribution in [0, 0.1) is 17.3 Å². The SMILES string of the molecule is CSc1ncc2c(n1)N(C)N(CC1(O)CCN(C(=O)[C@H](C)CC3CCCCC3)CC13CCCC3)C2. The minimum Gasteiger partial charge on any atom is -0.388 e. The molecular formula is C27H43N5O2S. The molecule has 8 heteroatoms. The lowest BCUT2D eigenvalue weighted by Crippen LogP contribution is -2.65. The van der Waals surface area contributed by atoms with Crippen LogP contribution in [0.25, 0.3) is 0 Å². The maximum absolute atomic E-state index is 13.5. The summed E-state index contributed by atoms with van der Waals surface area (Å²) >= 11 is 1.55. The van der Waals surface area contributed by atoms with Crippen molar-refractivity contribution in [3.8, 4) is 0 Å². The Morgan fingerprint density at radius 3 is 2.66 bits per heavy atom. The summed E-state index contributed by atoms with van der Waals surface area (Å²) < 4.78 is 0. The van der Waals surface area contributed by atoms with Crippen LogP contribution >= 0.6 is 11.8 Å². The molecule has 1 saturated heterocycles. The van der Waals surface area contributed by atoms with Gasteiger partial charge in [0.1, 0.15) is 0 Å². The maximum atomic E-state index is 13.5. The number of nitrogens with zero attached hydrogens (tertiary/aromatic N) is 5. The summed E-state index contributed by atoms with van der Waals surface area (Å²) in [7, 11) is 2.04. The van der Waals surface area contributed by atoms with E-state index in [0.29, 0.717) is 37.9 Å². The van der Waals surface area contributed by atoms with Crippen molar-refractivity contribution >= 4 is 23.5 Å². The van der Waals surface area contributed by atoms with Crippen molar-refractivity contribution in [1.82, 2.24) is 19.9 Å². The molecule has 2 aliphatic heterocycles. The molecule has 5 rings (SSSR count). The van der Waals surface area contributed by atoms with E-state index in [2.05, 4.69) is 26.8 Å². The van der Waals surface area contributed by atoms with E-state index in [1.807, 2.05) is 19.5 Å². The summed E-state index contributed by atoms with van der Waals surface area (Å²) in [6, 6.07) is 0. The molecule has 1 aromatic rings. The highest BCUT2D eigenvalue weighted by molar-refractivity contribution is 7.98. The van der Waals surface area contributed by atoms with Gasteiger partial charge in [0.25, 0.3) is 0 Å². The third kappa shape index (κ3) is 4.82. The lowest BCUT2D eigenvalue weighted by Gasteiger charge is -2.54. The van der Waals surface area contributed by atoms with Crippen LogP contribution in [0.3, 0.4) is 0 Å². The standard InChI is InChI=1S/C27H43N5O2S/c1-20(15-21-9-5-4-6-10-21)24(33)31-14-13-27(34,26(18-31)11-7-8-12-26)19-32-17-22-16-28-25(35-3)29-23(22)30(32)2/h16,20-21,34H,4-15,17-19H2,1-3H3/t20-,27?/m1/s1. The zero-order chi connectivity index (χ0) is 24.6. The summed E-state index contributed by atoms with van der Waals surface area (Å²) in [5.74, 6) is 2.06. The van der Waals surface area contributed by atoms with Gasteiger partial charge in [-0.3, -0.25) is 9.80 Å². The predicted molar refractivity (Wildman–Crippen MR) is 140 cm³/mol. The molecule has 1 spiro atoms. The summed E-state index contributed by atoms with van der Waals surface area (Å²) in [6.07, 6.45) is 16.5. The van der Waals surface area contributed by atoms with Gasteiger partial charge in [-0.15, -0.1) is 0 Å². The number of rotatable bonds is 6. The average Bonchev–Trinajstić information content (AvgIpc) is 3.46. The Balaban J connectivity index is 1.28. The normalized spacial score (nSPS) is 28.0. The highest BCUT2D eigenvalue weighted by atomic mass is 32.2. The van der Waals surface area contributed by atoms with Crippen molar-refractivity contribution in [1.29, 1.82) is 0 Å². The summed E-state index contributed by atoms with van der Waals surface area (Å²) in [5.41, 5.74) is 0.0920. The first kappa shape index (κ1) is 25.3. The van der Waals surface area contributed by atoms with E-state index in [0.717, 1.165) is 55.2 Å². The number of likely N-dealkylation sites (tertiary alicyclic amines) is 1. The van der Waals surface area contributed by atoms with Gasteiger partial charge in [-0.25, -0.2) is 15.0 Å². The van der Waals surface area contributed by atoms with Crippen molar-refractivity contribution in [3.63, 3.8) is 0 Å². The van der Waals surface area contributed by atoms with E-state index in [1.54, 1.807) is 11.8 Å². The summed E-state index contributed by atoms with van der Waals surface area (Å²) in [5, 5.41) is 17.3. The molecule has 1 N–H and O–H groups in total. The second-order valence-corrected chi connectivity index (χ2v) is 12.5. The molecule has 1 aromatic heterocycles. The maximum Gasteiger partial charge on any atom is 0.225 e. The number of hydrazine groups is 1. The number of hydrogen-bond donors (Lipinski definition) is 1. The Kier molecular flexibility index (Phi) is 7.35. The number of hydrogen-bond acceptors (Lipinski definition) is 7. The zero-order valence-electron chi connectivity index (χ0n) is 21.8. The minimum atomic E-state index is -0.807. The number of thioether (sulfide) groups is 1. The number of fused-ring (bicyclic) bond motifs is 1. The van der Waals surface area contributed by atoms with Crippen molar-refractivity contribution in [2.45, 2.75) is 94.9 Å². The molecule has 2 saturated carbocycles. The van der Waals surface area contributed by atoms with Gasteiger partial charge >= 0.3 is 0 Å². The van der Waals surface area contributed by atoms with Crippen molar-refractivity contribution < 1.29 is 9.90 Å². The Bertz CT molecular complexity index is 917. The summed E-state index contributed by atoms with van der Waals surface area (Å²) in [6.45, 7) is 4.80. The molecule has 1 unspecified atom stereocenters. The smallest absolute Gasteiger partial charge is 0.225 e. The van der Waals surface area contributed by atoms with E-state index in [1.165, 1.54) is 32.1 Å². The first-order valence-electron chi connectivity index (χ1n) is 13.7. The largest absolute Gasteiger partial charge is 0.388 e. The minimum absolute atomic E-state index is 0.0890. The van der Waals surface area contributed by atoms with Gasteiger partial charge in [0, 0.05) is 56.3 Å². The van der Waals surface area contributed by atoms with Gasteiger partial charge in [-0.2, -0.15) is 0 Å². The fraction of sp³-hybridized carbons (Fsp3) is 0.815. The molecular weight excluding hydrogens is 458 g/mol. The number of amides is 1. The van der Waals surface area contributed by atoms with Crippen molar-refractivity contribution in [2.24, 2.45) is 17.3 Å². The molecule has 7 nitrogen and oxygen atoms in total. The van der Waals surface area contributed by atoms with Crippen LogP contribution in [0.4, 0.5) is 5.82 Å². The van der Waals surface area contributed by atoms with Gasteiger partial charge in [0.2, 0.25) is 5.91 Å². The third-order valence-corrected chi connectivity index (χ3v) is 10.1. The molecule has 1 amide bonds. The van der Waals surface area contributed by atoms with Crippen LogP contribution < -0.4 is 5.01 Å². The zero-order valence-corrected chi connectivity index (χ0v) is 22.7. The number of β-amino-alcohol motifs (C(OH)–C–C–N with tert-alkyl or cyclic N) is 1. The number of carbonyl (C=O) groups excluding carboxylic acids is 1. The number of anilines is 1. The topological polar surface area (TPSA) is 72.8 Å². The predicted octanol–water partition coefficient (Wildman–Crippen LogP) is 4.50. The summed E-state index contributed by atoms with van der Waals surface area (Å²) in [4.78, 5) is 24.8. The molecule has 194 valence electrons. The molecule has 3 fully saturated rings. The Morgan fingerprint density at radius 1 is 1.20 bits per heavy atom. The van der Waals surface area contributed by atoms with E-state index in [9.17, 15) is 9.90 Å². The van der Waals surface area contributed by atoms with Crippen LogP contribution in [0.5, 0.6) is 0 Å². The van der Waals surface area contributed by atoms with Crippen LogP contribution in [-0.4, -0.2) is 69.4 Å². The van der Waals surface area contributed by atoms with Crippen LogP contribution in [0.1, 0.15) is 83.1 Å². The molecule has 35 heavy (non-hydrogen) atoms. The Morgan fingerprint density at radius 2 is 1.94 bits per heavy atom. The molecule has 2 aliphatic carbocycles. The van der Waals surface area contributed by atoms with Crippen molar-refractivity contribution in [2.75, 3.05) is 37.9 Å². The van der Waals surface area contributed by atoms with Crippen LogP contribution in [-0.2, 0) is 11.3 Å². The lowest BCUT2D eigenvalue weighted by molar-refractivity contribution is -0.165. The highest BCUT2D eigenvalue weighted by Crippen LogP contribution is 2.52. The number of carbonyl (C=O) groups is 1. The molecule has 0 radical (unpaired) electrons. The van der Waals surface area contributed by atoms with Crippen LogP contribution in [0.2, 0.25) is 0 Å². The Hall–Kier alpha value is -1.38. The highest BCUT2D eigenvalue weighted by Gasteiger charge is 2.56. The molecule has 0 aromatic carbocycles. The van der Waals surface area contributed by atoms with E-state index in [4.69, 9.17) is 4.98 Å². The van der Waals surface area contributed by atoms with Gasteiger partial charge in [-0.1, -0.05) is 63.6 Å². The monoisotopic (exact) mass is 501 g/mol. The molecule has 2 atom stereocenters. The quantitative estimate of drug-likeness (QED) is 0.455. The lowest BCUT2D eigenvalue weighted by atomic mass is 9.65. The first-order valence-corrected chi connectivity index (χ1v) is 15.0. The fourth-order valence-electron chi connectivity index (χ4n) is 7.39. The molecule has 4 aliphatic rings. The first-order chi connectivity index (χ1) is 16.8. The second-order valence-electron chi connectivity index (χ2n) is 11.7. The average molecular weight is 502 g/mol. The number of aromatic nitrogens is 2. The number of aliphatic hydroxyl groups is 1. The number of piperidine rings is 1. The van der Waals surface area contributed by atoms with E-state index in [-0.39, 0.29) is 11.3 Å². The van der Waals surface area contributed by atoms with Gasteiger partial charge in [-0.05, 0) is 37.9 Å².